The predicted octanol–water partition coefficient (Wildman–Crippen LogP) is 4.26. The van der Waals surface area contributed by atoms with Crippen LogP contribution in [0.3, 0.4) is 0 Å². The van der Waals surface area contributed by atoms with Crippen molar-refractivity contribution in [1.29, 1.82) is 0 Å². The van der Waals surface area contributed by atoms with E-state index in [1.807, 2.05) is 0 Å². The van der Waals surface area contributed by atoms with Crippen molar-refractivity contribution in [3.05, 3.63) is 35.9 Å². The van der Waals surface area contributed by atoms with E-state index in [1.165, 1.54) is 37.7 Å². The lowest BCUT2D eigenvalue weighted by Crippen LogP contribution is -2.60. The van der Waals surface area contributed by atoms with Crippen LogP contribution < -0.4 is 10.6 Å². The number of rotatable bonds is 9. The maximum atomic E-state index is 3.82. The third-order valence-electron chi connectivity index (χ3n) is 6.97. The molecule has 2 nitrogen and oxygen atoms in total. The highest BCUT2D eigenvalue weighted by molar-refractivity contribution is 5.14. The Morgan fingerprint density at radius 2 is 1.79 bits per heavy atom. The fourth-order valence-corrected chi connectivity index (χ4v) is 5.11. The van der Waals surface area contributed by atoms with Crippen molar-refractivity contribution in [2.45, 2.75) is 58.9 Å². The normalized spacial score (nSPS) is 30.8. The van der Waals surface area contributed by atoms with E-state index in [0.29, 0.717) is 5.41 Å². The SMILES string of the molecule is C[C@@H]1[C@H]2C[C@@H](C[C@H]1NCCNCCCCc1ccccc1)C2(C)C. The van der Waals surface area contributed by atoms with Crippen molar-refractivity contribution in [3.8, 4) is 0 Å². The Hall–Kier alpha value is -0.860. The maximum absolute atomic E-state index is 3.82. The highest BCUT2D eigenvalue weighted by atomic mass is 15.0. The Balaban J connectivity index is 1.21. The number of hydrogen-bond donors (Lipinski definition) is 2. The molecule has 1 aromatic carbocycles. The number of benzene rings is 1. The average molecular weight is 329 g/mol. The first-order chi connectivity index (χ1) is 11.6. The molecule has 4 rings (SSSR count). The minimum atomic E-state index is 0.606. The summed E-state index contributed by atoms with van der Waals surface area (Å²) in [4.78, 5) is 0. The van der Waals surface area contributed by atoms with E-state index >= 15 is 0 Å². The highest BCUT2D eigenvalue weighted by Crippen LogP contribution is 2.61. The molecule has 0 heterocycles. The number of nitrogens with one attached hydrogen (secondary N) is 2. The van der Waals surface area contributed by atoms with Crippen LogP contribution in [0.25, 0.3) is 0 Å². The van der Waals surface area contributed by atoms with Gasteiger partial charge in [0.15, 0.2) is 0 Å². The largest absolute Gasteiger partial charge is 0.315 e. The van der Waals surface area contributed by atoms with E-state index in [0.717, 1.165) is 43.4 Å². The van der Waals surface area contributed by atoms with Crippen LogP contribution in [0.1, 0.15) is 52.0 Å². The first kappa shape index (κ1) is 17.9. The number of unbranched alkanes of at least 4 members (excludes halogenated alkanes) is 1. The van der Waals surface area contributed by atoms with Gasteiger partial charge in [-0.2, -0.15) is 0 Å². The number of aryl methyl sites for hydroxylation is 1. The molecule has 24 heavy (non-hydrogen) atoms. The molecule has 0 spiro atoms. The van der Waals surface area contributed by atoms with E-state index in [2.05, 4.69) is 61.7 Å². The van der Waals surface area contributed by atoms with Crippen molar-refractivity contribution in [2.75, 3.05) is 19.6 Å². The third-order valence-corrected chi connectivity index (χ3v) is 6.97. The zero-order valence-electron chi connectivity index (χ0n) is 15.9. The fraction of sp³-hybridized carbons (Fsp3) is 0.727. The summed E-state index contributed by atoms with van der Waals surface area (Å²) in [5, 5.41) is 7.43. The number of fused-ring (bicyclic) bond motifs is 2. The topological polar surface area (TPSA) is 24.1 Å². The van der Waals surface area contributed by atoms with Crippen LogP contribution in [-0.2, 0) is 6.42 Å². The quantitative estimate of drug-likeness (QED) is 0.662. The molecular formula is C22H36N2. The molecule has 134 valence electrons. The van der Waals surface area contributed by atoms with Gasteiger partial charge in [-0.25, -0.2) is 0 Å². The summed E-state index contributed by atoms with van der Waals surface area (Å²) in [5.74, 6) is 2.75. The van der Waals surface area contributed by atoms with Crippen molar-refractivity contribution in [3.63, 3.8) is 0 Å². The Morgan fingerprint density at radius 3 is 2.50 bits per heavy atom. The van der Waals surface area contributed by atoms with Gasteiger partial charge in [-0.3, -0.25) is 0 Å². The molecule has 1 aromatic rings. The lowest BCUT2D eigenvalue weighted by atomic mass is 9.45. The molecule has 2 N–H and O–H groups in total. The molecule has 0 unspecified atom stereocenters. The summed E-state index contributed by atoms with van der Waals surface area (Å²) >= 11 is 0. The van der Waals surface area contributed by atoms with E-state index in [4.69, 9.17) is 0 Å². The van der Waals surface area contributed by atoms with E-state index in [-0.39, 0.29) is 0 Å². The van der Waals surface area contributed by atoms with Crippen LogP contribution in [0.4, 0.5) is 0 Å². The van der Waals surface area contributed by atoms with Gasteiger partial charge in [0.25, 0.3) is 0 Å². The van der Waals surface area contributed by atoms with E-state index in [1.54, 1.807) is 0 Å². The van der Waals surface area contributed by atoms with Gasteiger partial charge in [0, 0.05) is 19.1 Å². The smallest absolute Gasteiger partial charge is 0.00989 e. The van der Waals surface area contributed by atoms with Gasteiger partial charge in [0.2, 0.25) is 0 Å². The number of hydrogen-bond acceptors (Lipinski definition) is 2. The van der Waals surface area contributed by atoms with Crippen molar-refractivity contribution >= 4 is 0 Å². The van der Waals surface area contributed by atoms with Gasteiger partial charge in [-0.15, -0.1) is 0 Å². The van der Waals surface area contributed by atoms with Crippen LogP contribution in [-0.4, -0.2) is 25.7 Å². The van der Waals surface area contributed by atoms with Crippen molar-refractivity contribution < 1.29 is 0 Å². The molecule has 0 aliphatic heterocycles. The van der Waals surface area contributed by atoms with Crippen molar-refractivity contribution in [2.24, 2.45) is 23.2 Å². The first-order valence-corrected chi connectivity index (χ1v) is 10.1. The van der Waals surface area contributed by atoms with Gasteiger partial charge in [-0.05, 0) is 67.4 Å². The second-order valence-corrected chi connectivity index (χ2v) is 8.71. The molecule has 3 saturated carbocycles. The van der Waals surface area contributed by atoms with Gasteiger partial charge >= 0.3 is 0 Å². The first-order valence-electron chi connectivity index (χ1n) is 10.1. The second kappa shape index (κ2) is 8.01. The standard InChI is InChI=1S/C22H36N2/c1-17-20-15-19(22(20,2)3)16-21(17)24-14-13-23-12-8-7-11-18-9-5-4-6-10-18/h4-6,9-10,17,19-21,23-24H,7-8,11-16H2,1-3H3/t17-,19+,20-,21-/m1/s1. The molecule has 0 amide bonds. The van der Waals surface area contributed by atoms with Crippen molar-refractivity contribution in [1.82, 2.24) is 10.6 Å². The Morgan fingerprint density at radius 1 is 1.00 bits per heavy atom. The Kier molecular flexibility index (Phi) is 5.99. The molecule has 2 bridgehead atoms. The van der Waals surface area contributed by atoms with Gasteiger partial charge in [-0.1, -0.05) is 51.1 Å². The summed E-state index contributed by atoms with van der Waals surface area (Å²) in [5.41, 5.74) is 2.07. The Bertz CT molecular complexity index is 496. The molecule has 0 aromatic heterocycles. The third kappa shape index (κ3) is 4.03. The summed E-state index contributed by atoms with van der Waals surface area (Å²) in [7, 11) is 0. The maximum Gasteiger partial charge on any atom is 0.00989 e. The Labute approximate surface area is 148 Å². The monoisotopic (exact) mass is 328 g/mol. The van der Waals surface area contributed by atoms with Crippen LogP contribution in [0.2, 0.25) is 0 Å². The zero-order chi connectivity index (χ0) is 17.0. The van der Waals surface area contributed by atoms with Crippen LogP contribution in [0.5, 0.6) is 0 Å². The minimum Gasteiger partial charge on any atom is -0.315 e. The summed E-state index contributed by atoms with van der Waals surface area (Å²) < 4.78 is 0. The molecule has 2 heteroatoms. The summed E-state index contributed by atoms with van der Waals surface area (Å²) in [6.45, 7) is 10.8. The van der Waals surface area contributed by atoms with Crippen LogP contribution in [0.15, 0.2) is 30.3 Å². The molecule has 0 radical (unpaired) electrons. The molecule has 0 saturated heterocycles. The molecule has 3 aliphatic rings. The van der Waals surface area contributed by atoms with E-state index < -0.39 is 0 Å². The average Bonchev–Trinajstić information content (AvgIpc) is 2.58. The molecule has 4 atom stereocenters. The van der Waals surface area contributed by atoms with Crippen LogP contribution >= 0.6 is 0 Å². The van der Waals surface area contributed by atoms with Crippen LogP contribution in [0, 0.1) is 23.2 Å². The fourth-order valence-electron chi connectivity index (χ4n) is 5.11. The van der Waals surface area contributed by atoms with Gasteiger partial charge < -0.3 is 10.6 Å². The highest BCUT2D eigenvalue weighted by Gasteiger charge is 2.55. The molecule has 3 aliphatic carbocycles. The van der Waals surface area contributed by atoms with Gasteiger partial charge in [0.05, 0.1) is 0 Å². The lowest BCUT2D eigenvalue weighted by molar-refractivity contribution is -0.114. The minimum absolute atomic E-state index is 0.606. The summed E-state index contributed by atoms with van der Waals surface area (Å²) in [6.07, 6.45) is 6.63. The second-order valence-electron chi connectivity index (χ2n) is 8.71. The molecule has 3 fully saturated rings. The predicted molar refractivity (Wildman–Crippen MR) is 103 cm³/mol. The summed E-state index contributed by atoms with van der Waals surface area (Å²) in [6, 6.07) is 11.6. The van der Waals surface area contributed by atoms with E-state index in [9.17, 15) is 0 Å². The lowest BCUT2D eigenvalue weighted by Gasteiger charge is -2.62. The van der Waals surface area contributed by atoms with Gasteiger partial charge in [0.1, 0.15) is 0 Å². The zero-order valence-corrected chi connectivity index (χ0v) is 15.9. The molecular weight excluding hydrogens is 292 g/mol.